The quantitative estimate of drug-likeness (QED) is 0.814. The summed E-state index contributed by atoms with van der Waals surface area (Å²) in [7, 11) is 0. The van der Waals surface area contributed by atoms with Gasteiger partial charge in [0.25, 0.3) is 5.56 Å². The molecular formula is C16H20N4O4. The summed E-state index contributed by atoms with van der Waals surface area (Å²) >= 11 is 0. The molecule has 0 radical (unpaired) electrons. The summed E-state index contributed by atoms with van der Waals surface area (Å²) in [5, 5.41) is 19.6. The van der Waals surface area contributed by atoms with Crippen LogP contribution in [0.2, 0.25) is 0 Å². The lowest BCUT2D eigenvalue weighted by Gasteiger charge is -2.24. The molecule has 0 aliphatic rings. The van der Waals surface area contributed by atoms with E-state index in [9.17, 15) is 14.4 Å². The first-order valence-electron chi connectivity index (χ1n) is 7.74. The molecule has 8 heteroatoms. The van der Waals surface area contributed by atoms with Crippen LogP contribution in [0.3, 0.4) is 0 Å². The molecule has 0 bridgehead atoms. The molecule has 3 unspecified atom stereocenters. The fourth-order valence-corrected chi connectivity index (χ4v) is 2.38. The van der Waals surface area contributed by atoms with Crippen LogP contribution in [0.5, 0.6) is 0 Å². The number of aliphatic carboxylic acids is 1. The van der Waals surface area contributed by atoms with E-state index in [0.717, 1.165) is 4.68 Å². The topological polar surface area (TPSA) is 114 Å². The Balaban J connectivity index is 2.49. The average molecular weight is 332 g/mol. The molecule has 0 aliphatic heterocycles. The summed E-state index contributed by atoms with van der Waals surface area (Å²) in [5.41, 5.74) is 0.0185. The molecule has 0 spiro atoms. The van der Waals surface area contributed by atoms with Crippen LogP contribution < -0.4 is 10.9 Å². The van der Waals surface area contributed by atoms with Crippen molar-refractivity contribution >= 4 is 22.8 Å². The van der Waals surface area contributed by atoms with Gasteiger partial charge in [-0.05, 0) is 25.0 Å². The molecule has 2 N–H and O–H groups in total. The van der Waals surface area contributed by atoms with Crippen LogP contribution >= 0.6 is 0 Å². The number of amides is 1. The number of fused-ring (bicyclic) bond motifs is 1. The fraction of sp³-hybridized carbons (Fsp3) is 0.438. The van der Waals surface area contributed by atoms with E-state index in [1.165, 1.54) is 6.92 Å². The highest BCUT2D eigenvalue weighted by Crippen LogP contribution is 2.20. The van der Waals surface area contributed by atoms with Crippen molar-refractivity contribution in [2.45, 2.75) is 39.3 Å². The largest absolute Gasteiger partial charge is 0.480 e. The number of carboxylic acids is 1. The second kappa shape index (κ2) is 7.20. The first-order chi connectivity index (χ1) is 11.4. The molecule has 1 aromatic carbocycles. The van der Waals surface area contributed by atoms with E-state index in [2.05, 4.69) is 15.6 Å². The van der Waals surface area contributed by atoms with Crippen LogP contribution in [0.25, 0.3) is 10.9 Å². The summed E-state index contributed by atoms with van der Waals surface area (Å²) in [6.45, 7) is 5.05. The van der Waals surface area contributed by atoms with Crippen molar-refractivity contribution in [3.05, 3.63) is 34.6 Å². The first kappa shape index (κ1) is 17.6. The molecule has 2 aromatic rings. The van der Waals surface area contributed by atoms with Crippen molar-refractivity contribution < 1.29 is 14.7 Å². The van der Waals surface area contributed by atoms with Gasteiger partial charge in [-0.3, -0.25) is 14.4 Å². The van der Waals surface area contributed by atoms with Gasteiger partial charge in [-0.2, -0.15) is 4.68 Å². The van der Waals surface area contributed by atoms with Crippen molar-refractivity contribution in [2.75, 3.05) is 0 Å². The molecule has 1 aromatic heterocycles. The molecular weight excluding hydrogens is 312 g/mol. The Kier molecular flexibility index (Phi) is 5.28. The van der Waals surface area contributed by atoms with Gasteiger partial charge < -0.3 is 10.4 Å². The average Bonchev–Trinajstić information content (AvgIpc) is 2.57. The van der Waals surface area contributed by atoms with Crippen LogP contribution in [0.1, 0.15) is 33.2 Å². The number of rotatable bonds is 6. The molecule has 128 valence electrons. The van der Waals surface area contributed by atoms with Crippen LogP contribution in [-0.2, 0) is 9.59 Å². The van der Waals surface area contributed by atoms with Gasteiger partial charge in [0.05, 0.1) is 5.39 Å². The van der Waals surface area contributed by atoms with Gasteiger partial charge in [-0.25, -0.2) is 0 Å². The number of carbonyl (C=O) groups is 2. The van der Waals surface area contributed by atoms with E-state index in [0.29, 0.717) is 17.3 Å². The number of carbonyl (C=O) groups excluding carboxylic acids is 1. The number of hydrogen-bond donors (Lipinski definition) is 2. The van der Waals surface area contributed by atoms with Gasteiger partial charge in [0.2, 0.25) is 5.91 Å². The Morgan fingerprint density at radius 3 is 2.58 bits per heavy atom. The van der Waals surface area contributed by atoms with Crippen LogP contribution in [-0.4, -0.2) is 38.0 Å². The van der Waals surface area contributed by atoms with Gasteiger partial charge in [-0.1, -0.05) is 37.6 Å². The maximum atomic E-state index is 12.7. The third-order valence-electron chi connectivity index (χ3n) is 4.04. The molecule has 0 saturated carbocycles. The molecule has 3 atom stereocenters. The summed E-state index contributed by atoms with van der Waals surface area (Å²) in [6, 6.07) is 4.75. The number of benzene rings is 1. The summed E-state index contributed by atoms with van der Waals surface area (Å²) in [5.74, 6) is -1.94. The molecule has 0 fully saturated rings. The Hall–Kier alpha value is -2.77. The number of carboxylic acid groups (broad SMARTS) is 1. The van der Waals surface area contributed by atoms with Crippen molar-refractivity contribution in [1.82, 2.24) is 20.3 Å². The maximum absolute atomic E-state index is 12.7. The molecule has 0 aliphatic carbocycles. The Morgan fingerprint density at radius 1 is 1.29 bits per heavy atom. The number of hydrogen-bond acceptors (Lipinski definition) is 5. The molecule has 0 saturated heterocycles. The number of nitrogens with one attached hydrogen (secondary N) is 1. The van der Waals surface area contributed by atoms with Crippen molar-refractivity contribution in [1.29, 1.82) is 0 Å². The molecule has 1 heterocycles. The monoisotopic (exact) mass is 332 g/mol. The van der Waals surface area contributed by atoms with Crippen LogP contribution in [0, 0.1) is 5.92 Å². The zero-order valence-corrected chi connectivity index (χ0v) is 13.8. The third kappa shape index (κ3) is 3.42. The Bertz CT molecular complexity index is 817. The third-order valence-corrected chi connectivity index (χ3v) is 4.04. The van der Waals surface area contributed by atoms with Crippen LogP contribution in [0.15, 0.2) is 29.1 Å². The van der Waals surface area contributed by atoms with Gasteiger partial charge in [-0.15, -0.1) is 5.10 Å². The van der Waals surface area contributed by atoms with Gasteiger partial charge in [0, 0.05) is 0 Å². The smallest absolute Gasteiger partial charge is 0.325 e. The predicted molar refractivity (Wildman–Crippen MR) is 87.5 cm³/mol. The van der Waals surface area contributed by atoms with Gasteiger partial charge in [0.1, 0.15) is 17.6 Å². The molecule has 24 heavy (non-hydrogen) atoms. The fourth-order valence-electron chi connectivity index (χ4n) is 2.38. The van der Waals surface area contributed by atoms with E-state index in [1.807, 2.05) is 6.92 Å². The highest BCUT2D eigenvalue weighted by atomic mass is 16.4. The van der Waals surface area contributed by atoms with Crippen molar-refractivity contribution in [3.63, 3.8) is 0 Å². The van der Waals surface area contributed by atoms with Crippen molar-refractivity contribution in [3.8, 4) is 0 Å². The SMILES string of the molecule is CCC(C)C(C(=O)NC(C)C(=O)O)n1nnc2ccccc2c1=O. The molecule has 2 rings (SSSR count). The summed E-state index contributed by atoms with van der Waals surface area (Å²) in [6.07, 6.45) is 0.612. The van der Waals surface area contributed by atoms with E-state index in [1.54, 1.807) is 31.2 Å². The minimum Gasteiger partial charge on any atom is -0.480 e. The van der Waals surface area contributed by atoms with Crippen LogP contribution in [0.4, 0.5) is 0 Å². The number of nitrogens with zero attached hydrogens (tertiary/aromatic N) is 3. The Morgan fingerprint density at radius 2 is 1.96 bits per heavy atom. The van der Waals surface area contributed by atoms with Gasteiger partial charge in [0.15, 0.2) is 0 Å². The predicted octanol–water partition coefficient (Wildman–Crippen LogP) is 0.968. The second-order valence-electron chi connectivity index (χ2n) is 5.76. The lowest BCUT2D eigenvalue weighted by atomic mass is 9.98. The second-order valence-corrected chi connectivity index (χ2v) is 5.76. The normalized spacial score (nSPS) is 14.8. The van der Waals surface area contributed by atoms with E-state index < -0.39 is 29.5 Å². The lowest BCUT2D eigenvalue weighted by molar-refractivity contribution is -0.142. The minimum absolute atomic E-state index is 0.223. The van der Waals surface area contributed by atoms with Crippen molar-refractivity contribution in [2.24, 2.45) is 5.92 Å². The zero-order valence-electron chi connectivity index (χ0n) is 13.8. The maximum Gasteiger partial charge on any atom is 0.325 e. The first-order valence-corrected chi connectivity index (χ1v) is 7.74. The summed E-state index contributed by atoms with van der Waals surface area (Å²) in [4.78, 5) is 36.2. The molecule has 1 amide bonds. The van der Waals surface area contributed by atoms with E-state index in [4.69, 9.17) is 5.11 Å². The molecule has 8 nitrogen and oxygen atoms in total. The standard InChI is InChI=1S/C16H20N4O4/c1-4-9(2)13(14(21)17-10(3)16(23)24)20-15(22)11-7-5-6-8-12(11)18-19-20/h5-10,13H,4H2,1-3H3,(H,17,21)(H,23,24). The highest BCUT2D eigenvalue weighted by Gasteiger charge is 2.30. The van der Waals surface area contributed by atoms with E-state index in [-0.39, 0.29) is 5.92 Å². The lowest BCUT2D eigenvalue weighted by Crippen LogP contribution is -2.46. The van der Waals surface area contributed by atoms with Gasteiger partial charge >= 0.3 is 5.97 Å². The Labute approximate surface area is 138 Å². The minimum atomic E-state index is -1.15. The summed E-state index contributed by atoms with van der Waals surface area (Å²) < 4.78 is 1.04. The van der Waals surface area contributed by atoms with E-state index >= 15 is 0 Å². The zero-order chi connectivity index (χ0) is 17.9. The highest BCUT2D eigenvalue weighted by molar-refractivity contribution is 5.86. The number of aromatic nitrogens is 3.